The molecule has 0 saturated carbocycles. The average molecular weight is 419 g/mol. The van der Waals surface area contributed by atoms with E-state index in [0.29, 0.717) is 29.2 Å². The topological polar surface area (TPSA) is 63.2 Å². The third-order valence-corrected chi connectivity index (χ3v) is 5.18. The summed E-state index contributed by atoms with van der Waals surface area (Å²) in [6.45, 7) is 6.88. The van der Waals surface area contributed by atoms with Gasteiger partial charge < -0.3 is 23.4 Å². The Labute approximate surface area is 175 Å². The molecular formula is C22H30O6Si. The zero-order chi connectivity index (χ0) is 21.3. The summed E-state index contributed by atoms with van der Waals surface area (Å²) < 4.78 is 27.7. The smallest absolute Gasteiger partial charge is 0.196 e. The summed E-state index contributed by atoms with van der Waals surface area (Å²) in [6.07, 6.45) is 0. The van der Waals surface area contributed by atoms with Crippen molar-refractivity contribution in [2.24, 2.45) is 0 Å². The molecular weight excluding hydrogens is 388 g/mol. The summed E-state index contributed by atoms with van der Waals surface area (Å²) in [5.74, 6) is 0.611. The highest BCUT2D eigenvalue weighted by atomic mass is 28.2. The van der Waals surface area contributed by atoms with E-state index in [1.54, 1.807) is 18.2 Å². The van der Waals surface area contributed by atoms with Crippen molar-refractivity contribution in [3.63, 3.8) is 0 Å². The summed E-state index contributed by atoms with van der Waals surface area (Å²) in [5, 5.41) is 0.173. The standard InChI is InChI=1S/C22H30O6Si/c1-22(2,3)29-28-13-17-11-12-18(19(23)16-9-7-6-8-10-16)21(27-15-25-5)20(17)26-14-24-4/h6-12H,13-15,29H2,1-5H3. The lowest BCUT2D eigenvalue weighted by molar-refractivity contribution is 0.0306. The molecule has 0 aliphatic rings. The molecule has 0 aliphatic carbocycles. The van der Waals surface area contributed by atoms with Crippen LogP contribution in [0.4, 0.5) is 0 Å². The van der Waals surface area contributed by atoms with Gasteiger partial charge in [-0.05, 0) is 11.1 Å². The Balaban J connectivity index is 2.43. The van der Waals surface area contributed by atoms with Gasteiger partial charge in [0.05, 0.1) is 12.2 Å². The molecule has 2 rings (SSSR count). The van der Waals surface area contributed by atoms with Crippen LogP contribution in [0.5, 0.6) is 11.5 Å². The van der Waals surface area contributed by atoms with Crippen molar-refractivity contribution < 1.29 is 28.2 Å². The van der Waals surface area contributed by atoms with Crippen LogP contribution in [0.15, 0.2) is 42.5 Å². The Kier molecular flexibility index (Phi) is 8.85. The van der Waals surface area contributed by atoms with Crippen LogP contribution in [-0.4, -0.2) is 43.4 Å². The highest BCUT2D eigenvalue weighted by Gasteiger charge is 2.23. The fourth-order valence-electron chi connectivity index (χ4n) is 2.65. The molecule has 0 aromatic heterocycles. The molecule has 0 spiro atoms. The molecule has 2 aromatic carbocycles. The average Bonchev–Trinajstić information content (AvgIpc) is 2.70. The summed E-state index contributed by atoms with van der Waals surface area (Å²) in [6, 6.07) is 12.6. The minimum absolute atomic E-state index is 0.0144. The van der Waals surface area contributed by atoms with Gasteiger partial charge in [0.2, 0.25) is 0 Å². The summed E-state index contributed by atoms with van der Waals surface area (Å²) in [4.78, 5) is 13.1. The van der Waals surface area contributed by atoms with Crippen LogP contribution in [0.1, 0.15) is 42.3 Å². The summed E-state index contributed by atoms with van der Waals surface area (Å²) in [5.41, 5.74) is 1.77. The maximum atomic E-state index is 13.1. The highest BCUT2D eigenvalue weighted by molar-refractivity contribution is 6.31. The molecule has 0 bridgehead atoms. The van der Waals surface area contributed by atoms with E-state index in [1.807, 2.05) is 24.3 Å². The summed E-state index contributed by atoms with van der Waals surface area (Å²) >= 11 is 0. The minimum Gasteiger partial charge on any atom is -0.463 e. The first-order chi connectivity index (χ1) is 13.9. The Morgan fingerprint density at radius 1 is 0.897 bits per heavy atom. The van der Waals surface area contributed by atoms with Crippen molar-refractivity contribution in [2.45, 2.75) is 32.4 Å². The molecule has 0 amide bonds. The first-order valence-electron chi connectivity index (χ1n) is 9.44. The van der Waals surface area contributed by atoms with E-state index in [-0.39, 0.29) is 24.4 Å². The molecule has 6 nitrogen and oxygen atoms in total. The number of carbonyl (C=O) groups excluding carboxylic acids is 1. The quantitative estimate of drug-likeness (QED) is 0.315. The number of hydrogen-bond acceptors (Lipinski definition) is 6. The van der Waals surface area contributed by atoms with Gasteiger partial charge >= 0.3 is 0 Å². The van der Waals surface area contributed by atoms with E-state index in [2.05, 4.69) is 20.8 Å². The molecule has 0 N–H and O–H groups in total. The lowest BCUT2D eigenvalue weighted by atomic mass is 10.00. The second kappa shape index (κ2) is 11.1. The lowest BCUT2D eigenvalue weighted by Crippen LogP contribution is -2.15. The Bertz CT molecular complexity index is 786. The van der Waals surface area contributed by atoms with Crippen molar-refractivity contribution in [2.75, 3.05) is 27.8 Å². The molecule has 7 heteroatoms. The fourth-order valence-corrected chi connectivity index (χ4v) is 3.58. The van der Waals surface area contributed by atoms with E-state index >= 15 is 0 Å². The van der Waals surface area contributed by atoms with Gasteiger partial charge in [0.25, 0.3) is 0 Å². The van der Waals surface area contributed by atoms with Gasteiger partial charge in [-0.25, -0.2) is 0 Å². The van der Waals surface area contributed by atoms with E-state index < -0.39 is 9.76 Å². The number of ether oxygens (including phenoxy) is 4. The van der Waals surface area contributed by atoms with Crippen molar-refractivity contribution in [1.82, 2.24) is 0 Å². The largest absolute Gasteiger partial charge is 0.463 e. The van der Waals surface area contributed by atoms with Gasteiger partial charge in [-0.15, -0.1) is 0 Å². The van der Waals surface area contributed by atoms with Crippen LogP contribution in [0.2, 0.25) is 5.04 Å². The molecule has 2 aromatic rings. The van der Waals surface area contributed by atoms with Crippen molar-refractivity contribution in [1.29, 1.82) is 0 Å². The predicted molar refractivity (Wildman–Crippen MR) is 114 cm³/mol. The Morgan fingerprint density at radius 3 is 2.10 bits per heavy atom. The van der Waals surface area contributed by atoms with Gasteiger partial charge in [0.1, 0.15) is 0 Å². The van der Waals surface area contributed by atoms with Gasteiger partial charge in [0, 0.05) is 25.3 Å². The third-order valence-electron chi connectivity index (χ3n) is 3.91. The van der Waals surface area contributed by atoms with Gasteiger partial charge in [-0.2, -0.15) is 0 Å². The lowest BCUT2D eigenvalue weighted by Gasteiger charge is -2.21. The molecule has 158 valence electrons. The predicted octanol–water partition coefficient (Wildman–Crippen LogP) is 3.70. The number of benzene rings is 2. The zero-order valence-corrected chi connectivity index (χ0v) is 19.2. The molecule has 0 radical (unpaired) electrons. The van der Waals surface area contributed by atoms with Crippen molar-refractivity contribution >= 4 is 15.5 Å². The molecule has 0 atom stereocenters. The minimum atomic E-state index is -0.744. The van der Waals surface area contributed by atoms with Crippen molar-refractivity contribution in [3.05, 3.63) is 59.2 Å². The number of hydrogen-bond donors (Lipinski definition) is 0. The van der Waals surface area contributed by atoms with Crippen molar-refractivity contribution in [3.8, 4) is 11.5 Å². The number of ketones is 1. The van der Waals surface area contributed by atoms with E-state index in [1.165, 1.54) is 14.2 Å². The van der Waals surface area contributed by atoms with Crippen LogP contribution < -0.4 is 9.47 Å². The molecule has 0 saturated heterocycles. The van der Waals surface area contributed by atoms with Gasteiger partial charge in [-0.1, -0.05) is 57.2 Å². The molecule has 0 heterocycles. The van der Waals surface area contributed by atoms with E-state index in [9.17, 15) is 4.79 Å². The van der Waals surface area contributed by atoms with E-state index in [0.717, 1.165) is 5.56 Å². The maximum absolute atomic E-state index is 13.1. The van der Waals surface area contributed by atoms with Crippen LogP contribution in [0, 0.1) is 0 Å². The second-order valence-corrected chi connectivity index (χ2v) is 10.6. The number of carbonyl (C=O) groups is 1. The monoisotopic (exact) mass is 418 g/mol. The fraction of sp³-hybridized carbons (Fsp3) is 0.409. The first kappa shape index (κ1) is 23.1. The zero-order valence-electron chi connectivity index (χ0n) is 17.8. The van der Waals surface area contributed by atoms with Crippen LogP contribution in [0.25, 0.3) is 0 Å². The third kappa shape index (κ3) is 6.97. The van der Waals surface area contributed by atoms with Gasteiger partial charge in [0.15, 0.2) is 40.6 Å². The molecule has 0 aliphatic heterocycles. The SMILES string of the molecule is COCOc1c(CO[SiH2]C(C)(C)C)ccc(C(=O)c2ccccc2)c1OCOC. The molecule has 0 fully saturated rings. The van der Waals surface area contributed by atoms with Gasteiger partial charge in [-0.3, -0.25) is 4.79 Å². The van der Waals surface area contributed by atoms with Crippen LogP contribution in [0.3, 0.4) is 0 Å². The normalized spacial score (nSPS) is 11.8. The van der Waals surface area contributed by atoms with Crippen LogP contribution >= 0.6 is 0 Å². The Morgan fingerprint density at radius 2 is 1.52 bits per heavy atom. The number of methoxy groups -OCH3 is 2. The second-order valence-electron chi connectivity index (χ2n) is 7.78. The number of rotatable bonds is 11. The maximum Gasteiger partial charge on any atom is 0.196 e. The highest BCUT2D eigenvalue weighted by Crippen LogP contribution is 2.37. The summed E-state index contributed by atoms with van der Waals surface area (Å²) in [7, 11) is 2.32. The van der Waals surface area contributed by atoms with E-state index in [4.69, 9.17) is 23.4 Å². The molecule has 0 unspecified atom stereocenters. The Hall–Kier alpha value is -2.19. The first-order valence-corrected chi connectivity index (χ1v) is 10.7. The molecule has 29 heavy (non-hydrogen) atoms. The van der Waals surface area contributed by atoms with Crippen LogP contribution in [-0.2, 0) is 20.5 Å².